The second-order valence-electron chi connectivity index (χ2n) is 14.9. The first kappa shape index (κ1) is 54.7. The molecule has 0 aromatic carbocycles. The lowest BCUT2D eigenvalue weighted by Crippen LogP contribution is -2.29. The summed E-state index contributed by atoms with van der Waals surface area (Å²) in [6.07, 6.45) is 51.1. The van der Waals surface area contributed by atoms with Gasteiger partial charge in [0.05, 0.1) is 13.2 Å². The van der Waals surface area contributed by atoms with Crippen LogP contribution in [-0.4, -0.2) is 49.3 Å². The largest absolute Gasteiger partial charge is 0.472 e. The molecule has 2 atom stereocenters. The van der Waals surface area contributed by atoms with Crippen LogP contribution in [0.2, 0.25) is 0 Å². The molecule has 330 valence electrons. The number of phosphoric acid groups is 1. The second-order valence-corrected chi connectivity index (χ2v) is 16.4. The molecule has 0 saturated carbocycles. The van der Waals surface area contributed by atoms with Crippen molar-refractivity contribution in [2.24, 2.45) is 5.73 Å². The SMILES string of the molecule is CCCCCC=CCC=CCC=CCC=CCCCC(=O)OCC(COP(=O)(O)OCCN)OC(=O)CCCCCCCCCCCC=CCCCCCCCC. The minimum absolute atomic E-state index is 0.0439. The lowest BCUT2D eigenvalue weighted by molar-refractivity contribution is -0.161. The number of nitrogens with two attached hydrogens (primary N) is 1. The summed E-state index contributed by atoms with van der Waals surface area (Å²) in [7, 11) is -4.39. The summed E-state index contributed by atoms with van der Waals surface area (Å²) in [5, 5.41) is 0. The topological polar surface area (TPSA) is 134 Å². The molecule has 0 aromatic heterocycles. The minimum Gasteiger partial charge on any atom is -0.462 e. The van der Waals surface area contributed by atoms with Crippen molar-refractivity contribution in [1.82, 2.24) is 0 Å². The number of allylic oxidation sites excluding steroid dienone is 10. The molecule has 10 heteroatoms. The van der Waals surface area contributed by atoms with E-state index in [2.05, 4.69) is 68.5 Å². The van der Waals surface area contributed by atoms with Gasteiger partial charge in [-0.2, -0.15) is 0 Å². The Balaban J connectivity index is 4.21. The molecule has 0 fully saturated rings. The van der Waals surface area contributed by atoms with Crippen molar-refractivity contribution in [3.8, 4) is 0 Å². The molecule has 9 nitrogen and oxygen atoms in total. The van der Waals surface area contributed by atoms with E-state index in [0.29, 0.717) is 12.8 Å². The van der Waals surface area contributed by atoms with E-state index in [1.54, 1.807) is 0 Å². The number of hydrogen-bond acceptors (Lipinski definition) is 8. The Kier molecular flexibility index (Phi) is 41.6. The molecule has 0 rings (SSSR count). The molecule has 0 aliphatic rings. The number of phosphoric ester groups is 1. The van der Waals surface area contributed by atoms with Crippen LogP contribution in [0.3, 0.4) is 0 Å². The normalized spacial score (nSPS) is 13.8. The zero-order valence-corrected chi connectivity index (χ0v) is 37.2. The number of hydrogen-bond donors (Lipinski definition) is 2. The standard InChI is InChI=1S/C47H84NO8P/c1-3-5-7-9-11-13-15-17-19-21-22-24-26-28-30-32-34-36-38-40-47(50)56-45(44-55-57(51,52)54-42-41-48)43-53-46(49)39-37-35-33-31-29-27-25-23-20-18-16-14-12-10-8-6-4-2/h12,14,17-20,25,27,31,33,45H,3-11,13,15-16,21-24,26,28-30,32,34-44,48H2,1-2H3,(H,51,52). The van der Waals surface area contributed by atoms with Gasteiger partial charge in [-0.05, 0) is 77.0 Å². The number of carbonyl (C=O) groups excluding carboxylic acids is 2. The van der Waals surface area contributed by atoms with Crippen LogP contribution in [0.25, 0.3) is 0 Å². The summed E-state index contributed by atoms with van der Waals surface area (Å²) in [6.45, 7) is 3.64. The Bertz CT molecular complexity index is 1120. The Morgan fingerprint density at radius 2 is 0.930 bits per heavy atom. The third-order valence-electron chi connectivity index (χ3n) is 9.38. The summed E-state index contributed by atoms with van der Waals surface area (Å²) in [5.41, 5.74) is 5.35. The predicted molar refractivity (Wildman–Crippen MR) is 238 cm³/mol. The zero-order chi connectivity index (χ0) is 41.8. The summed E-state index contributed by atoms with van der Waals surface area (Å²) >= 11 is 0. The fourth-order valence-electron chi connectivity index (χ4n) is 5.97. The third kappa shape index (κ3) is 43.1. The van der Waals surface area contributed by atoms with Gasteiger partial charge in [0.15, 0.2) is 6.10 Å². The van der Waals surface area contributed by atoms with Gasteiger partial charge in [-0.1, -0.05) is 164 Å². The van der Waals surface area contributed by atoms with Crippen molar-refractivity contribution in [1.29, 1.82) is 0 Å². The van der Waals surface area contributed by atoms with E-state index >= 15 is 0 Å². The molecule has 0 spiro atoms. The van der Waals surface area contributed by atoms with E-state index in [0.717, 1.165) is 44.9 Å². The first-order valence-corrected chi connectivity index (χ1v) is 24.3. The van der Waals surface area contributed by atoms with E-state index in [1.165, 1.54) is 109 Å². The van der Waals surface area contributed by atoms with Crippen LogP contribution >= 0.6 is 7.82 Å². The molecule has 0 bridgehead atoms. The van der Waals surface area contributed by atoms with Crippen LogP contribution < -0.4 is 5.73 Å². The van der Waals surface area contributed by atoms with Crippen LogP contribution in [0, 0.1) is 0 Å². The van der Waals surface area contributed by atoms with E-state index in [4.69, 9.17) is 24.3 Å². The van der Waals surface area contributed by atoms with Gasteiger partial charge >= 0.3 is 19.8 Å². The highest BCUT2D eigenvalue weighted by Gasteiger charge is 2.26. The van der Waals surface area contributed by atoms with E-state index < -0.39 is 32.5 Å². The van der Waals surface area contributed by atoms with E-state index in [9.17, 15) is 19.0 Å². The van der Waals surface area contributed by atoms with Crippen LogP contribution in [0.1, 0.15) is 194 Å². The number of rotatable bonds is 42. The number of ether oxygens (including phenoxy) is 2. The van der Waals surface area contributed by atoms with E-state index in [-0.39, 0.29) is 32.6 Å². The van der Waals surface area contributed by atoms with Crippen molar-refractivity contribution < 1.29 is 37.6 Å². The van der Waals surface area contributed by atoms with Crippen molar-refractivity contribution in [3.63, 3.8) is 0 Å². The average molecular weight is 822 g/mol. The average Bonchev–Trinajstić information content (AvgIpc) is 3.20. The highest BCUT2D eigenvalue weighted by molar-refractivity contribution is 7.47. The van der Waals surface area contributed by atoms with Crippen LogP contribution in [-0.2, 0) is 32.7 Å². The van der Waals surface area contributed by atoms with Gasteiger partial charge in [0, 0.05) is 19.4 Å². The van der Waals surface area contributed by atoms with Gasteiger partial charge in [0.1, 0.15) is 6.61 Å². The first-order valence-electron chi connectivity index (χ1n) is 22.8. The van der Waals surface area contributed by atoms with Crippen molar-refractivity contribution in [2.45, 2.75) is 200 Å². The molecule has 3 N–H and O–H groups in total. The lowest BCUT2D eigenvalue weighted by atomic mass is 10.1. The first-order chi connectivity index (χ1) is 27.8. The van der Waals surface area contributed by atoms with Gasteiger partial charge in [-0.15, -0.1) is 0 Å². The Hall–Kier alpha value is -2.29. The summed E-state index contributed by atoms with van der Waals surface area (Å²) in [4.78, 5) is 34.9. The quantitative estimate of drug-likeness (QED) is 0.0267. The highest BCUT2D eigenvalue weighted by atomic mass is 31.2. The number of carbonyl (C=O) groups is 2. The molecule has 2 unspecified atom stereocenters. The Labute approximate surface area is 349 Å². The molecule has 0 aliphatic carbocycles. The molecule has 0 saturated heterocycles. The van der Waals surface area contributed by atoms with Crippen LogP contribution in [0.5, 0.6) is 0 Å². The Morgan fingerprint density at radius 1 is 0.526 bits per heavy atom. The van der Waals surface area contributed by atoms with Crippen molar-refractivity contribution in [3.05, 3.63) is 60.8 Å². The highest BCUT2D eigenvalue weighted by Crippen LogP contribution is 2.43. The molecule has 0 heterocycles. The van der Waals surface area contributed by atoms with Crippen LogP contribution in [0.4, 0.5) is 0 Å². The number of unbranched alkanes of at least 4 members (excludes halogenated alkanes) is 19. The second kappa shape index (κ2) is 43.3. The van der Waals surface area contributed by atoms with Gasteiger partial charge in [-0.3, -0.25) is 18.6 Å². The summed E-state index contributed by atoms with van der Waals surface area (Å²) in [5.74, 6) is -0.897. The maximum Gasteiger partial charge on any atom is 0.472 e. The van der Waals surface area contributed by atoms with Gasteiger partial charge in [-0.25, -0.2) is 4.57 Å². The van der Waals surface area contributed by atoms with Gasteiger partial charge in [0.25, 0.3) is 0 Å². The molecule has 0 amide bonds. The molecular formula is C47H84NO8P. The maximum absolute atomic E-state index is 12.6. The molecule has 57 heavy (non-hydrogen) atoms. The molecular weight excluding hydrogens is 737 g/mol. The smallest absolute Gasteiger partial charge is 0.462 e. The predicted octanol–water partition coefficient (Wildman–Crippen LogP) is 13.3. The van der Waals surface area contributed by atoms with Crippen molar-refractivity contribution >= 4 is 19.8 Å². The van der Waals surface area contributed by atoms with E-state index in [1.807, 2.05) is 6.08 Å². The Morgan fingerprint density at radius 3 is 1.46 bits per heavy atom. The lowest BCUT2D eigenvalue weighted by Gasteiger charge is -2.19. The fourth-order valence-corrected chi connectivity index (χ4v) is 6.74. The molecule has 0 radical (unpaired) electrons. The summed E-state index contributed by atoms with van der Waals surface area (Å²) in [6, 6.07) is 0. The third-order valence-corrected chi connectivity index (χ3v) is 10.4. The monoisotopic (exact) mass is 822 g/mol. The van der Waals surface area contributed by atoms with Crippen molar-refractivity contribution in [2.75, 3.05) is 26.4 Å². The van der Waals surface area contributed by atoms with Crippen LogP contribution in [0.15, 0.2) is 60.8 Å². The molecule has 0 aromatic rings. The minimum atomic E-state index is -4.39. The van der Waals surface area contributed by atoms with Gasteiger partial charge in [0.2, 0.25) is 0 Å². The zero-order valence-electron chi connectivity index (χ0n) is 36.3. The summed E-state index contributed by atoms with van der Waals surface area (Å²) < 4.78 is 32.8. The maximum atomic E-state index is 12.6. The fraction of sp³-hybridized carbons (Fsp3) is 0.745. The van der Waals surface area contributed by atoms with Gasteiger partial charge < -0.3 is 20.1 Å². The molecule has 0 aliphatic heterocycles. The number of esters is 2.